The molecule has 28 heavy (non-hydrogen) atoms. The van der Waals surface area contributed by atoms with E-state index in [4.69, 9.17) is 0 Å². The predicted octanol–water partition coefficient (Wildman–Crippen LogP) is 4.57. The predicted molar refractivity (Wildman–Crippen MR) is 97.8 cm³/mol. The average Bonchev–Trinajstić information content (AvgIpc) is 3.07. The fraction of sp³-hybridized carbons (Fsp3) is 0.150. The Morgan fingerprint density at radius 2 is 1.89 bits per heavy atom. The van der Waals surface area contributed by atoms with Crippen molar-refractivity contribution in [3.8, 4) is 5.69 Å². The number of aryl methyl sites for hydroxylation is 2. The number of aromatic nitrogens is 2. The van der Waals surface area contributed by atoms with Gasteiger partial charge in [-0.05, 0) is 49.7 Å². The number of anilines is 1. The number of nitrogens with one attached hydrogen (secondary N) is 1. The van der Waals surface area contributed by atoms with Crippen LogP contribution in [0.15, 0.2) is 48.9 Å². The second kappa shape index (κ2) is 7.30. The summed E-state index contributed by atoms with van der Waals surface area (Å²) in [6.07, 6.45) is -0.986. The summed E-state index contributed by atoms with van der Waals surface area (Å²) in [7, 11) is 0. The number of carbonyl (C=O) groups is 2. The first-order valence-corrected chi connectivity index (χ1v) is 8.28. The zero-order valence-electron chi connectivity index (χ0n) is 15.0. The number of nitrogens with zero attached hydrogens (tertiary/aromatic N) is 2. The summed E-state index contributed by atoms with van der Waals surface area (Å²) in [5.74, 6) is -0.616. The first-order chi connectivity index (χ1) is 13.2. The van der Waals surface area contributed by atoms with E-state index in [1.54, 1.807) is 26.1 Å². The van der Waals surface area contributed by atoms with Crippen molar-refractivity contribution in [2.75, 3.05) is 5.32 Å². The molecular formula is C20H16F3N3O2. The Labute approximate surface area is 158 Å². The van der Waals surface area contributed by atoms with Gasteiger partial charge in [-0.3, -0.25) is 9.59 Å². The fourth-order valence-corrected chi connectivity index (χ4v) is 2.67. The Kier molecular flexibility index (Phi) is 5.04. The molecule has 8 heteroatoms. The molecule has 0 saturated carbocycles. The second-order valence-electron chi connectivity index (χ2n) is 6.33. The molecule has 1 N–H and O–H groups in total. The van der Waals surface area contributed by atoms with Crippen LogP contribution in [0.5, 0.6) is 0 Å². The fourth-order valence-electron chi connectivity index (χ4n) is 2.67. The van der Waals surface area contributed by atoms with Crippen molar-refractivity contribution in [2.45, 2.75) is 20.0 Å². The Bertz CT molecular complexity index is 1060. The van der Waals surface area contributed by atoms with Gasteiger partial charge in [0.15, 0.2) is 0 Å². The summed E-state index contributed by atoms with van der Waals surface area (Å²) in [6, 6.07) is 7.76. The number of benzene rings is 2. The number of halogens is 3. The molecule has 3 rings (SSSR count). The third kappa shape index (κ3) is 4.11. The lowest BCUT2D eigenvalue weighted by Crippen LogP contribution is -2.14. The number of rotatable bonds is 4. The van der Waals surface area contributed by atoms with Crippen molar-refractivity contribution in [3.05, 3.63) is 76.9 Å². The van der Waals surface area contributed by atoms with Crippen molar-refractivity contribution in [3.63, 3.8) is 0 Å². The summed E-state index contributed by atoms with van der Waals surface area (Å²) in [5.41, 5.74) is 1.14. The van der Waals surface area contributed by atoms with E-state index in [1.165, 1.54) is 29.1 Å². The lowest BCUT2D eigenvalue weighted by atomic mass is 10.1. The summed E-state index contributed by atoms with van der Waals surface area (Å²) in [5, 5.41) is 2.47. The van der Waals surface area contributed by atoms with Gasteiger partial charge in [0.2, 0.25) is 0 Å². The number of aldehydes is 1. The molecular weight excluding hydrogens is 371 g/mol. The molecule has 144 valence electrons. The molecule has 0 aliphatic carbocycles. The Morgan fingerprint density at radius 3 is 2.50 bits per heavy atom. The van der Waals surface area contributed by atoms with Gasteiger partial charge in [0.05, 0.1) is 17.6 Å². The van der Waals surface area contributed by atoms with Gasteiger partial charge >= 0.3 is 6.18 Å². The van der Waals surface area contributed by atoms with Gasteiger partial charge in [0.25, 0.3) is 5.91 Å². The van der Waals surface area contributed by atoms with Crippen LogP contribution in [0.1, 0.15) is 37.5 Å². The largest absolute Gasteiger partial charge is 0.416 e. The highest BCUT2D eigenvalue weighted by Crippen LogP contribution is 2.33. The molecule has 1 heterocycles. The maximum atomic E-state index is 13.3. The van der Waals surface area contributed by atoms with Gasteiger partial charge in [-0.15, -0.1) is 0 Å². The number of alkyl halides is 3. The zero-order valence-corrected chi connectivity index (χ0v) is 15.0. The molecule has 2 aromatic carbocycles. The zero-order chi connectivity index (χ0) is 20.5. The third-order valence-corrected chi connectivity index (χ3v) is 4.18. The van der Waals surface area contributed by atoms with Crippen molar-refractivity contribution < 1.29 is 22.8 Å². The lowest BCUT2D eigenvalue weighted by molar-refractivity contribution is -0.137. The molecule has 1 amide bonds. The highest BCUT2D eigenvalue weighted by molar-refractivity contribution is 6.05. The normalized spacial score (nSPS) is 11.3. The highest BCUT2D eigenvalue weighted by Gasteiger charge is 2.31. The first-order valence-electron chi connectivity index (χ1n) is 8.28. The van der Waals surface area contributed by atoms with Crippen LogP contribution in [-0.2, 0) is 6.18 Å². The SMILES string of the molecule is Cc1cn(-c2cc(NC(=O)c3ccc(C)c(C=O)c3)cc(C(F)(F)F)c2)cn1. The van der Waals surface area contributed by atoms with Crippen LogP contribution in [0.2, 0.25) is 0 Å². The first kappa shape index (κ1) is 19.3. The lowest BCUT2D eigenvalue weighted by Gasteiger charge is -2.14. The Balaban J connectivity index is 1.99. The molecule has 0 aliphatic heterocycles. The van der Waals surface area contributed by atoms with E-state index < -0.39 is 17.6 Å². The maximum absolute atomic E-state index is 13.3. The smallest absolute Gasteiger partial charge is 0.322 e. The monoisotopic (exact) mass is 387 g/mol. The van der Waals surface area contributed by atoms with Gasteiger partial charge < -0.3 is 9.88 Å². The number of hydrogen-bond donors (Lipinski definition) is 1. The summed E-state index contributed by atoms with van der Waals surface area (Å²) in [4.78, 5) is 27.5. The van der Waals surface area contributed by atoms with Crippen molar-refractivity contribution >= 4 is 17.9 Å². The van der Waals surface area contributed by atoms with Crippen LogP contribution >= 0.6 is 0 Å². The molecule has 0 bridgehead atoms. The van der Waals surface area contributed by atoms with Crippen molar-refractivity contribution in [1.29, 1.82) is 0 Å². The molecule has 0 unspecified atom stereocenters. The molecule has 0 saturated heterocycles. The van der Waals surface area contributed by atoms with Crippen LogP contribution < -0.4 is 5.32 Å². The second-order valence-corrected chi connectivity index (χ2v) is 6.33. The average molecular weight is 387 g/mol. The molecule has 0 fully saturated rings. The Hall–Kier alpha value is -3.42. The van der Waals surface area contributed by atoms with Gasteiger partial charge in [0, 0.05) is 28.7 Å². The number of hydrogen-bond acceptors (Lipinski definition) is 3. The minimum absolute atomic E-state index is 0.0191. The summed E-state index contributed by atoms with van der Waals surface area (Å²) < 4.78 is 41.3. The standard InChI is InChI=1S/C20H16F3N3O2/c1-12-3-4-14(5-15(12)10-27)19(28)25-17-6-16(20(21,22)23)7-18(8-17)26-9-13(2)24-11-26/h3-11H,1-2H3,(H,25,28). The van der Waals surface area contributed by atoms with E-state index in [9.17, 15) is 22.8 Å². The molecule has 0 aliphatic rings. The van der Waals surface area contributed by atoms with Gasteiger partial charge in [-0.25, -0.2) is 4.98 Å². The molecule has 1 aromatic heterocycles. The van der Waals surface area contributed by atoms with Gasteiger partial charge in [0.1, 0.15) is 6.29 Å². The van der Waals surface area contributed by atoms with E-state index in [1.807, 2.05) is 0 Å². The van der Waals surface area contributed by atoms with E-state index in [0.717, 1.165) is 12.1 Å². The molecule has 0 radical (unpaired) electrons. The van der Waals surface area contributed by atoms with Crippen LogP contribution in [-0.4, -0.2) is 21.7 Å². The molecule has 5 nitrogen and oxygen atoms in total. The summed E-state index contributed by atoms with van der Waals surface area (Å²) in [6.45, 7) is 3.44. The van der Waals surface area contributed by atoms with Crippen LogP contribution in [0.3, 0.4) is 0 Å². The molecule has 0 atom stereocenters. The minimum atomic E-state index is -4.58. The van der Waals surface area contributed by atoms with E-state index >= 15 is 0 Å². The molecule has 3 aromatic rings. The highest BCUT2D eigenvalue weighted by atomic mass is 19.4. The van der Waals surface area contributed by atoms with Gasteiger partial charge in [-0.1, -0.05) is 6.07 Å². The van der Waals surface area contributed by atoms with E-state index in [-0.39, 0.29) is 16.9 Å². The Morgan fingerprint density at radius 1 is 1.14 bits per heavy atom. The van der Waals surface area contributed by atoms with Crippen LogP contribution in [0.4, 0.5) is 18.9 Å². The van der Waals surface area contributed by atoms with E-state index in [2.05, 4.69) is 10.3 Å². The topological polar surface area (TPSA) is 64.0 Å². The number of carbonyl (C=O) groups excluding carboxylic acids is 2. The summed E-state index contributed by atoms with van der Waals surface area (Å²) >= 11 is 0. The number of imidazole rings is 1. The van der Waals surface area contributed by atoms with Crippen molar-refractivity contribution in [2.24, 2.45) is 0 Å². The quantitative estimate of drug-likeness (QED) is 0.667. The maximum Gasteiger partial charge on any atom is 0.416 e. The third-order valence-electron chi connectivity index (χ3n) is 4.18. The van der Waals surface area contributed by atoms with E-state index in [0.29, 0.717) is 23.1 Å². The number of amides is 1. The van der Waals surface area contributed by atoms with Gasteiger partial charge in [-0.2, -0.15) is 13.2 Å². The molecule has 0 spiro atoms. The van der Waals surface area contributed by atoms with Crippen LogP contribution in [0.25, 0.3) is 5.69 Å². The minimum Gasteiger partial charge on any atom is -0.322 e. The van der Waals surface area contributed by atoms with Crippen LogP contribution in [0, 0.1) is 13.8 Å². The van der Waals surface area contributed by atoms with Crippen molar-refractivity contribution in [1.82, 2.24) is 9.55 Å².